The van der Waals surface area contributed by atoms with Gasteiger partial charge in [0.15, 0.2) is 10.1 Å². The average molecular weight is 298 g/mol. The number of amides is 1. The van der Waals surface area contributed by atoms with Gasteiger partial charge >= 0.3 is 0 Å². The Bertz CT molecular complexity index is 614. The maximum Gasteiger partial charge on any atom is 0.244 e. The van der Waals surface area contributed by atoms with Gasteiger partial charge in [0.1, 0.15) is 0 Å². The Morgan fingerprint density at radius 3 is 2.95 bits per heavy atom. The van der Waals surface area contributed by atoms with E-state index in [-0.39, 0.29) is 11.9 Å². The Morgan fingerprint density at radius 2 is 2.26 bits per heavy atom. The molecule has 0 aliphatic carbocycles. The van der Waals surface area contributed by atoms with Crippen LogP contribution < -0.4 is 5.32 Å². The zero-order valence-corrected chi connectivity index (χ0v) is 12.6. The van der Waals surface area contributed by atoms with E-state index in [2.05, 4.69) is 24.1 Å². The van der Waals surface area contributed by atoms with Crippen LogP contribution in [-0.4, -0.2) is 21.3 Å². The molecule has 0 radical (unpaired) electrons. The van der Waals surface area contributed by atoms with E-state index in [9.17, 15) is 4.79 Å². The monoisotopic (exact) mass is 297 g/mol. The molecule has 0 saturated carbocycles. The summed E-state index contributed by atoms with van der Waals surface area (Å²) >= 11 is 7.54. The number of imidazole rings is 1. The van der Waals surface area contributed by atoms with Crippen molar-refractivity contribution in [1.82, 2.24) is 14.7 Å². The molecule has 1 N–H and O–H groups in total. The third-order valence-corrected chi connectivity index (χ3v) is 4.05. The smallest absolute Gasteiger partial charge is 0.244 e. The lowest BCUT2D eigenvalue weighted by Crippen LogP contribution is -2.34. The number of hydrogen-bond acceptors (Lipinski definition) is 3. The van der Waals surface area contributed by atoms with Gasteiger partial charge in [-0.1, -0.05) is 25.4 Å². The molecule has 2 rings (SSSR count). The quantitative estimate of drug-likeness (QED) is 0.881. The van der Waals surface area contributed by atoms with Gasteiger partial charge in [0.05, 0.1) is 5.69 Å². The summed E-state index contributed by atoms with van der Waals surface area (Å²) < 4.78 is 1.86. The standard InChI is InChI=1S/C13H16ClN3OS/c1-8(2)9(3)15-11(18)5-4-10-12(14)16-13-17(10)6-7-19-13/h4-9H,1-3H3,(H,15,18)/b5-4+. The van der Waals surface area contributed by atoms with Crippen molar-refractivity contribution < 1.29 is 4.79 Å². The molecule has 2 heterocycles. The molecule has 2 aromatic rings. The van der Waals surface area contributed by atoms with Gasteiger partial charge in [-0.2, -0.15) is 0 Å². The summed E-state index contributed by atoms with van der Waals surface area (Å²) in [5, 5.41) is 5.24. The second kappa shape index (κ2) is 5.75. The second-order valence-electron chi connectivity index (χ2n) is 4.72. The van der Waals surface area contributed by atoms with Crippen LogP contribution in [0.25, 0.3) is 11.0 Å². The number of nitrogens with zero attached hydrogens (tertiary/aromatic N) is 2. The number of nitrogens with one attached hydrogen (secondary N) is 1. The minimum absolute atomic E-state index is 0.123. The van der Waals surface area contributed by atoms with Crippen LogP contribution in [0.1, 0.15) is 26.5 Å². The van der Waals surface area contributed by atoms with E-state index in [1.807, 2.05) is 22.9 Å². The number of aromatic nitrogens is 2. The van der Waals surface area contributed by atoms with Crippen molar-refractivity contribution >= 4 is 39.9 Å². The van der Waals surface area contributed by atoms with Crippen LogP contribution in [0, 0.1) is 5.92 Å². The highest BCUT2D eigenvalue weighted by atomic mass is 35.5. The van der Waals surface area contributed by atoms with E-state index >= 15 is 0 Å². The first-order valence-corrected chi connectivity index (χ1v) is 7.34. The van der Waals surface area contributed by atoms with Gasteiger partial charge in [0.25, 0.3) is 0 Å². The highest BCUT2D eigenvalue weighted by Crippen LogP contribution is 2.22. The Kier molecular flexibility index (Phi) is 4.27. The van der Waals surface area contributed by atoms with Crippen molar-refractivity contribution in [2.24, 2.45) is 5.92 Å². The van der Waals surface area contributed by atoms with E-state index in [4.69, 9.17) is 11.6 Å². The highest BCUT2D eigenvalue weighted by Gasteiger charge is 2.10. The number of carbonyl (C=O) groups excluding carboxylic acids is 1. The van der Waals surface area contributed by atoms with Gasteiger partial charge in [-0.3, -0.25) is 9.20 Å². The number of fused-ring (bicyclic) bond motifs is 1. The first-order chi connectivity index (χ1) is 8.99. The second-order valence-corrected chi connectivity index (χ2v) is 5.95. The van der Waals surface area contributed by atoms with E-state index in [0.717, 1.165) is 10.7 Å². The lowest BCUT2D eigenvalue weighted by atomic mass is 10.1. The summed E-state index contributed by atoms with van der Waals surface area (Å²) in [6, 6.07) is 0.138. The van der Waals surface area contributed by atoms with Crippen LogP contribution in [0.4, 0.5) is 0 Å². The number of carbonyl (C=O) groups is 1. The van der Waals surface area contributed by atoms with Crippen molar-refractivity contribution in [2.45, 2.75) is 26.8 Å². The number of rotatable bonds is 4. The van der Waals surface area contributed by atoms with Crippen LogP contribution in [0.3, 0.4) is 0 Å². The zero-order chi connectivity index (χ0) is 14.0. The molecule has 0 saturated heterocycles. The lowest BCUT2D eigenvalue weighted by Gasteiger charge is -2.15. The Morgan fingerprint density at radius 1 is 1.53 bits per heavy atom. The molecule has 1 atom stereocenters. The summed E-state index contributed by atoms with van der Waals surface area (Å²) in [7, 11) is 0. The molecule has 0 aromatic carbocycles. The summed E-state index contributed by atoms with van der Waals surface area (Å²) in [5.74, 6) is 0.280. The first-order valence-electron chi connectivity index (χ1n) is 6.08. The fourth-order valence-corrected chi connectivity index (χ4v) is 2.53. The van der Waals surface area contributed by atoms with Gasteiger partial charge in [0.2, 0.25) is 5.91 Å². The molecule has 0 aliphatic rings. The van der Waals surface area contributed by atoms with Gasteiger partial charge in [0, 0.05) is 23.7 Å². The molecule has 1 unspecified atom stereocenters. The van der Waals surface area contributed by atoms with Crippen LogP contribution in [0.2, 0.25) is 5.15 Å². The number of thiazole rings is 1. The van der Waals surface area contributed by atoms with Crippen molar-refractivity contribution in [3.8, 4) is 0 Å². The van der Waals surface area contributed by atoms with Crippen molar-refractivity contribution in [1.29, 1.82) is 0 Å². The molecule has 0 aliphatic heterocycles. The summed E-state index contributed by atoms with van der Waals surface area (Å²) in [6.07, 6.45) is 5.07. The summed E-state index contributed by atoms with van der Waals surface area (Å²) in [4.78, 5) is 16.8. The van der Waals surface area contributed by atoms with Crippen LogP contribution >= 0.6 is 22.9 Å². The van der Waals surface area contributed by atoms with Crippen molar-refractivity contribution in [3.05, 3.63) is 28.5 Å². The molecule has 0 fully saturated rings. The summed E-state index contributed by atoms with van der Waals surface area (Å²) in [6.45, 7) is 6.12. The predicted octanol–water partition coefficient (Wildman–Crippen LogP) is 3.22. The molecule has 19 heavy (non-hydrogen) atoms. The largest absolute Gasteiger partial charge is 0.350 e. The lowest BCUT2D eigenvalue weighted by molar-refractivity contribution is -0.117. The highest BCUT2D eigenvalue weighted by molar-refractivity contribution is 7.15. The Labute approximate surface area is 121 Å². The molecular formula is C13H16ClN3OS. The third-order valence-electron chi connectivity index (χ3n) is 3.02. The SMILES string of the molecule is CC(C)C(C)NC(=O)/C=C/c1c(Cl)nc2sccn12. The van der Waals surface area contributed by atoms with Gasteiger partial charge in [-0.05, 0) is 18.9 Å². The Balaban J connectivity index is 2.12. The fraction of sp³-hybridized carbons (Fsp3) is 0.385. The fourth-order valence-electron chi connectivity index (χ4n) is 1.52. The Hall–Kier alpha value is -1.33. The number of halogens is 1. The van der Waals surface area contributed by atoms with Gasteiger partial charge < -0.3 is 5.32 Å². The van der Waals surface area contributed by atoms with Crippen LogP contribution in [0.5, 0.6) is 0 Å². The van der Waals surface area contributed by atoms with E-state index in [1.54, 1.807) is 6.08 Å². The zero-order valence-electron chi connectivity index (χ0n) is 11.1. The minimum atomic E-state index is -0.123. The van der Waals surface area contributed by atoms with Crippen molar-refractivity contribution in [3.63, 3.8) is 0 Å². The number of hydrogen-bond donors (Lipinski definition) is 1. The maximum absolute atomic E-state index is 11.8. The van der Waals surface area contributed by atoms with Crippen molar-refractivity contribution in [2.75, 3.05) is 0 Å². The molecule has 6 heteroatoms. The minimum Gasteiger partial charge on any atom is -0.350 e. The molecule has 0 bridgehead atoms. The van der Waals surface area contributed by atoms with E-state index in [0.29, 0.717) is 11.1 Å². The van der Waals surface area contributed by atoms with Crippen LogP contribution in [0.15, 0.2) is 17.7 Å². The molecule has 1 amide bonds. The molecule has 4 nitrogen and oxygen atoms in total. The van der Waals surface area contributed by atoms with Gasteiger partial charge in [-0.15, -0.1) is 11.3 Å². The molecule has 102 valence electrons. The average Bonchev–Trinajstić information content (AvgIpc) is 2.87. The van der Waals surface area contributed by atoms with E-state index in [1.165, 1.54) is 17.4 Å². The molecular weight excluding hydrogens is 282 g/mol. The van der Waals surface area contributed by atoms with Gasteiger partial charge in [-0.25, -0.2) is 4.98 Å². The maximum atomic E-state index is 11.8. The third kappa shape index (κ3) is 3.16. The predicted molar refractivity (Wildman–Crippen MR) is 79.6 cm³/mol. The molecule has 2 aromatic heterocycles. The van der Waals surface area contributed by atoms with E-state index < -0.39 is 0 Å². The van der Waals surface area contributed by atoms with Crippen LogP contribution in [-0.2, 0) is 4.79 Å². The normalized spacial score (nSPS) is 13.5. The summed E-state index contributed by atoms with van der Waals surface area (Å²) in [5.41, 5.74) is 0.727. The topological polar surface area (TPSA) is 46.4 Å². The first kappa shape index (κ1) is 14.1. The molecule has 0 spiro atoms.